The highest BCUT2D eigenvalue weighted by molar-refractivity contribution is 6.18. The zero-order valence-electron chi connectivity index (χ0n) is 9.22. The number of carbonyl (C=O) groups is 2. The fraction of sp³-hybridized carbons (Fsp3) is 0.778. The van der Waals surface area contributed by atoms with E-state index in [-0.39, 0.29) is 12.5 Å². The summed E-state index contributed by atoms with van der Waals surface area (Å²) in [4.78, 5) is 22.1. The van der Waals surface area contributed by atoms with Gasteiger partial charge in [0.25, 0.3) is 0 Å². The van der Waals surface area contributed by atoms with Crippen LogP contribution < -0.4 is 10.6 Å². The second-order valence-corrected chi connectivity index (χ2v) is 4.27. The molecule has 0 saturated heterocycles. The molecular weight excluding hydrogens is 220 g/mol. The molecule has 88 valence electrons. The first-order chi connectivity index (χ1) is 6.85. The van der Waals surface area contributed by atoms with Crippen molar-refractivity contribution in [2.24, 2.45) is 0 Å². The molecule has 0 aromatic heterocycles. The van der Waals surface area contributed by atoms with Crippen LogP contribution in [0, 0.1) is 0 Å². The number of halogens is 1. The van der Waals surface area contributed by atoms with E-state index >= 15 is 0 Å². The minimum atomic E-state index is -0.608. The Balaban J connectivity index is 3.67. The number of alkyl halides is 1. The van der Waals surface area contributed by atoms with Gasteiger partial charge >= 0.3 is 6.09 Å². The largest absolute Gasteiger partial charge is 0.444 e. The summed E-state index contributed by atoms with van der Waals surface area (Å²) < 4.78 is 4.94. The molecule has 0 aliphatic heterocycles. The van der Waals surface area contributed by atoms with Gasteiger partial charge in [-0.05, 0) is 20.8 Å². The van der Waals surface area contributed by atoms with Crippen molar-refractivity contribution in [3.63, 3.8) is 0 Å². The molecule has 0 atom stereocenters. The molecule has 2 N–H and O–H groups in total. The molecule has 0 bridgehead atoms. The monoisotopic (exact) mass is 236 g/mol. The van der Waals surface area contributed by atoms with Crippen LogP contribution in [-0.2, 0) is 9.53 Å². The molecule has 0 unspecified atom stereocenters. The molecule has 5 nitrogen and oxygen atoms in total. The number of carbonyl (C=O) groups excluding carboxylic acids is 2. The highest BCUT2D eigenvalue weighted by Gasteiger charge is 2.16. The maximum absolute atomic E-state index is 11.1. The van der Waals surface area contributed by atoms with E-state index in [1.54, 1.807) is 20.8 Å². The van der Waals surface area contributed by atoms with Gasteiger partial charge in [-0.15, -0.1) is 11.6 Å². The van der Waals surface area contributed by atoms with Crippen molar-refractivity contribution in [2.45, 2.75) is 26.4 Å². The van der Waals surface area contributed by atoms with E-state index in [0.29, 0.717) is 12.4 Å². The van der Waals surface area contributed by atoms with Gasteiger partial charge in [0.05, 0.1) is 6.54 Å². The van der Waals surface area contributed by atoms with Gasteiger partial charge < -0.3 is 15.4 Å². The standard InChI is InChI=1S/C9H17ClN2O3/c1-9(2,3)15-8(14)12-6-7(13)11-5-4-10/h4-6H2,1-3H3,(H,11,13)(H,12,14). The number of nitrogens with one attached hydrogen (secondary N) is 2. The Labute approximate surface area is 94.5 Å². The summed E-state index contributed by atoms with van der Waals surface area (Å²) in [5.74, 6) is 0.0551. The highest BCUT2D eigenvalue weighted by Crippen LogP contribution is 2.05. The van der Waals surface area contributed by atoms with Gasteiger partial charge in [-0.2, -0.15) is 0 Å². The van der Waals surface area contributed by atoms with Gasteiger partial charge in [0.15, 0.2) is 0 Å². The lowest BCUT2D eigenvalue weighted by Gasteiger charge is -2.19. The van der Waals surface area contributed by atoms with Gasteiger partial charge in [-0.25, -0.2) is 4.79 Å². The first-order valence-electron chi connectivity index (χ1n) is 4.64. The lowest BCUT2D eigenvalue weighted by Crippen LogP contribution is -2.40. The van der Waals surface area contributed by atoms with Gasteiger partial charge in [0.1, 0.15) is 5.60 Å². The quantitative estimate of drug-likeness (QED) is 0.712. The van der Waals surface area contributed by atoms with E-state index in [9.17, 15) is 9.59 Å². The fourth-order valence-electron chi connectivity index (χ4n) is 0.716. The van der Waals surface area contributed by atoms with Crippen LogP contribution in [-0.4, -0.2) is 36.6 Å². The Morgan fingerprint density at radius 1 is 1.27 bits per heavy atom. The molecule has 0 fully saturated rings. The predicted molar refractivity (Wildman–Crippen MR) is 58.0 cm³/mol. The Hall–Kier alpha value is -0.970. The van der Waals surface area contributed by atoms with Crippen molar-refractivity contribution in [1.82, 2.24) is 10.6 Å². The summed E-state index contributed by atoms with van der Waals surface area (Å²) in [5.41, 5.74) is -0.559. The van der Waals surface area contributed by atoms with Gasteiger partial charge in [0, 0.05) is 12.4 Å². The Morgan fingerprint density at radius 2 is 1.87 bits per heavy atom. The van der Waals surface area contributed by atoms with Crippen LogP contribution in [0.3, 0.4) is 0 Å². The number of alkyl carbamates (subject to hydrolysis) is 1. The van der Waals surface area contributed by atoms with Crippen molar-refractivity contribution in [3.8, 4) is 0 Å². The van der Waals surface area contributed by atoms with Crippen LogP contribution in [0.15, 0.2) is 0 Å². The zero-order chi connectivity index (χ0) is 11.9. The molecule has 0 saturated carbocycles. The fourth-order valence-corrected chi connectivity index (χ4v) is 0.810. The van der Waals surface area contributed by atoms with Gasteiger partial charge in [-0.1, -0.05) is 0 Å². The second kappa shape index (κ2) is 6.50. The van der Waals surface area contributed by atoms with E-state index in [0.717, 1.165) is 0 Å². The minimum absolute atomic E-state index is 0.105. The van der Waals surface area contributed by atoms with E-state index in [4.69, 9.17) is 16.3 Å². The van der Waals surface area contributed by atoms with Crippen LogP contribution in [0.4, 0.5) is 4.79 Å². The molecule has 0 heterocycles. The molecule has 0 aromatic rings. The molecule has 0 aliphatic rings. The van der Waals surface area contributed by atoms with Crippen molar-refractivity contribution >= 4 is 23.6 Å². The van der Waals surface area contributed by atoms with Gasteiger partial charge in [-0.3, -0.25) is 4.79 Å². The normalized spacial score (nSPS) is 10.7. The minimum Gasteiger partial charge on any atom is -0.444 e. The van der Waals surface area contributed by atoms with E-state index in [2.05, 4.69) is 10.6 Å². The molecule has 15 heavy (non-hydrogen) atoms. The summed E-state index contributed by atoms with van der Waals surface area (Å²) in [6.45, 7) is 5.53. The maximum atomic E-state index is 11.1. The summed E-state index contributed by atoms with van der Waals surface area (Å²) in [7, 11) is 0. The first kappa shape index (κ1) is 14.0. The predicted octanol–water partition coefficient (Wildman–Crippen LogP) is 0.866. The van der Waals surface area contributed by atoms with Crippen LogP contribution in [0.2, 0.25) is 0 Å². The van der Waals surface area contributed by atoms with Crippen LogP contribution >= 0.6 is 11.6 Å². The molecule has 0 spiro atoms. The highest BCUT2D eigenvalue weighted by atomic mass is 35.5. The van der Waals surface area contributed by atoms with Crippen molar-refractivity contribution < 1.29 is 14.3 Å². The van der Waals surface area contributed by atoms with Crippen molar-refractivity contribution in [2.75, 3.05) is 19.0 Å². The van der Waals surface area contributed by atoms with Crippen LogP contribution in [0.25, 0.3) is 0 Å². The van der Waals surface area contributed by atoms with E-state index < -0.39 is 11.7 Å². The zero-order valence-corrected chi connectivity index (χ0v) is 9.98. The molecule has 2 amide bonds. The average molecular weight is 237 g/mol. The topological polar surface area (TPSA) is 67.4 Å². The number of hydrogen-bond donors (Lipinski definition) is 2. The van der Waals surface area contributed by atoms with Crippen molar-refractivity contribution in [1.29, 1.82) is 0 Å². The van der Waals surface area contributed by atoms with Crippen LogP contribution in [0.1, 0.15) is 20.8 Å². The van der Waals surface area contributed by atoms with Crippen molar-refractivity contribution in [3.05, 3.63) is 0 Å². The summed E-state index contributed by atoms with van der Waals surface area (Å²) >= 11 is 5.37. The molecule has 0 aromatic carbocycles. The van der Waals surface area contributed by atoms with E-state index in [1.165, 1.54) is 0 Å². The molecule has 0 rings (SSSR count). The SMILES string of the molecule is CC(C)(C)OC(=O)NCC(=O)NCCCl. The summed E-state index contributed by atoms with van der Waals surface area (Å²) in [5, 5.41) is 4.84. The summed E-state index contributed by atoms with van der Waals surface area (Å²) in [6, 6.07) is 0. The lowest BCUT2D eigenvalue weighted by molar-refractivity contribution is -0.120. The molecule has 6 heteroatoms. The third kappa shape index (κ3) is 9.34. The number of amides is 2. The Kier molecular flexibility index (Phi) is 6.08. The number of hydrogen-bond acceptors (Lipinski definition) is 3. The van der Waals surface area contributed by atoms with Gasteiger partial charge in [0.2, 0.25) is 5.91 Å². The second-order valence-electron chi connectivity index (χ2n) is 3.89. The smallest absolute Gasteiger partial charge is 0.408 e. The summed E-state index contributed by atoms with van der Waals surface area (Å²) in [6.07, 6.45) is -0.608. The maximum Gasteiger partial charge on any atom is 0.408 e. The Morgan fingerprint density at radius 3 is 2.33 bits per heavy atom. The van der Waals surface area contributed by atoms with E-state index in [1.807, 2.05) is 0 Å². The lowest BCUT2D eigenvalue weighted by atomic mass is 10.2. The molecular formula is C9H17ClN2O3. The average Bonchev–Trinajstić information content (AvgIpc) is 2.08. The molecule has 0 radical (unpaired) electrons. The third-order valence-corrected chi connectivity index (χ3v) is 1.40. The Bertz CT molecular complexity index is 226. The number of rotatable bonds is 4. The van der Waals surface area contributed by atoms with Crippen LogP contribution in [0.5, 0.6) is 0 Å². The number of ether oxygens (including phenoxy) is 1. The molecule has 0 aliphatic carbocycles. The third-order valence-electron chi connectivity index (χ3n) is 1.21. The first-order valence-corrected chi connectivity index (χ1v) is 5.18.